The second-order valence-corrected chi connectivity index (χ2v) is 8.77. The molecule has 4 rings (SSSR count). The van der Waals surface area contributed by atoms with Crippen LogP contribution in [0.15, 0.2) is 96.1 Å². The lowest BCUT2D eigenvalue weighted by Crippen LogP contribution is -2.60. The summed E-state index contributed by atoms with van der Waals surface area (Å²) < 4.78 is 31.0. The molecule has 5 atom stereocenters. The van der Waals surface area contributed by atoms with Gasteiger partial charge in [-0.2, -0.15) is 0 Å². The number of terminal acetylenes is 1. The first-order valence-corrected chi connectivity index (χ1v) is 12.5. The van der Waals surface area contributed by atoms with Crippen LogP contribution in [0.4, 0.5) is 0 Å². The largest absolute Gasteiger partial charge is 0.374 e. The van der Waals surface area contributed by atoms with Crippen molar-refractivity contribution in [2.75, 3.05) is 13.2 Å². The van der Waals surface area contributed by atoms with Gasteiger partial charge in [-0.25, -0.2) is 0 Å². The van der Waals surface area contributed by atoms with Crippen molar-refractivity contribution >= 4 is 0 Å². The fourth-order valence-electron chi connectivity index (χ4n) is 4.29. The second kappa shape index (κ2) is 14.9. The Balaban J connectivity index is 1.57. The maximum Gasteiger partial charge on any atom is 0.165 e. The van der Waals surface area contributed by atoms with E-state index in [4.69, 9.17) is 30.1 Å². The third-order valence-electron chi connectivity index (χ3n) is 6.10. The molecular weight excluding hydrogens is 482 g/mol. The number of benzene rings is 3. The van der Waals surface area contributed by atoms with E-state index >= 15 is 0 Å². The van der Waals surface area contributed by atoms with E-state index in [1.807, 2.05) is 91.0 Å². The van der Waals surface area contributed by atoms with Gasteiger partial charge in [-0.05, 0) is 22.2 Å². The van der Waals surface area contributed by atoms with Crippen LogP contribution in [0.1, 0.15) is 16.7 Å². The molecule has 196 valence electrons. The Morgan fingerprint density at radius 2 is 1.26 bits per heavy atom. The summed E-state index contributed by atoms with van der Waals surface area (Å²) in [6, 6.07) is 29.3. The van der Waals surface area contributed by atoms with Gasteiger partial charge in [0.1, 0.15) is 31.0 Å². The highest BCUT2D eigenvalue weighted by molar-refractivity contribution is 5.15. The van der Waals surface area contributed by atoms with E-state index in [-0.39, 0.29) is 19.8 Å². The zero-order valence-corrected chi connectivity index (χ0v) is 21.0. The molecule has 1 heterocycles. The molecule has 1 saturated heterocycles. The normalized spacial score (nSPS) is 22.8. The maximum atomic E-state index is 9.33. The average molecular weight is 514 g/mol. The van der Waals surface area contributed by atoms with Gasteiger partial charge in [-0.3, -0.25) is 0 Å². The van der Waals surface area contributed by atoms with Gasteiger partial charge in [0.2, 0.25) is 0 Å². The first-order chi connectivity index (χ1) is 18.8. The van der Waals surface area contributed by atoms with Crippen LogP contribution in [-0.4, -0.2) is 43.9 Å². The van der Waals surface area contributed by atoms with Gasteiger partial charge < -0.3 is 23.7 Å². The van der Waals surface area contributed by atoms with Crippen LogP contribution in [0.2, 0.25) is 0 Å². The van der Waals surface area contributed by atoms with E-state index in [9.17, 15) is 5.53 Å². The van der Waals surface area contributed by atoms with Crippen molar-refractivity contribution in [3.63, 3.8) is 0 Å². The monoisotopic (exact) mass is 513 g/mol. The van der Waals surface area contributed by atoms with Crippen LogP contribution < -0.4 is 0 Å². The SMILES string of the molecule is C#CCO[C@H]1[C@H](OCc2ccccc2)[C@H](OCc2ccccc2)[C@H](N=[N+]=[N-])O[C@@H]1COCc1ccccc1. The van der Waals surface area contributed by atoms with Crippen LogP contribution in [-0.2, 0) is 43.5 Å². The van der Waals surface area contributed by atoms with Gasteiger partial charge in [0.15, 0.2) is 6.23 Å². The molecule has 8 heteroatoms. The zero-order valence-electron chi connectivity index (χ0n) is 21.0. The van der Waals surface area contributed by atoms with Gasteiger partial charge in [0, 0.05) is 4.91 Å². The Bertz CT molecular complexity index is 1180. The lowest BCUT2D eigenvalue weighted by atomic mass is 9.97. The van der Waals surface area contributed by atoms with Crippen molar-refractivity contribution in [2.45, 2.75) is 50.5 Å². The van der Waals surface area contributed by atoms with Gasteiger partial charge in [-0.1, -0.05) is 102 Å². The van der Waals surface area contributed by atoms with E-state index in [1.165, 1.54) is 0 Å². The zero-order chi connectivity index (χ0) is 26.4. The smallest absolute Gasteiger partial charge is 0.165 e. The molecular formula is C30H31N3O5. The fourth-order valence-corrected chi connectivity index (χ4v) is 4.29. The first-order valence-electron chi connectivity index (χ1n) is 12.5. The van der Waals surface area contributed by atoms with Crippen LogP contribution >= 0.6 is 0 Å². The highest BCUT2D eigenvalue weighted by Gasteiger charge is 2.48. The van der Waals surface area contributed by atoms with E-state index < -0.39 is 30.6 Å². The summed E-state index contributed by atoms with van der Waals surface area (Å²) in [6.45, 7) is 1.18. The van der Waals surface area contributed by atoms with Crippen molar-refractivity contribution in [3.8, 4) is 12.3 Å². The quantitative estimate of drug-likeness (QED) is 0.132. The van der Waals surface area contributed by atoms with Gasteiger partial charge in [0.05, 0.1) is 26.4 Å². The van der Waals surface area contributed by atoms with Crippen molar-refractivity contribution < 1.29 is 23.7 Å². The van der Waals surface area contributed by atoms with Crippen molar-refractivity contribution in [1.82, 2.24) is 0 Å². The molecule has 0 amide bonds. The average Bonchev–Trinajstić information content (AvgIpc) is 2.96. The molecule has 3 aromatic carbocycles. The van der Waals surface area contributed by atoms with Crippen LogP contribution in [0, 0.1) is 12.3 Å². The molecule has 1 aliphatic heterocycles. The summed E-state index contributed by atoms with van der Waals surface area (Å²) in [5.74, 6) is 2.52. The van der Waals surface area contributed by atoms with Crippen molar-refractivity contribution in [2.24, 2.45) is 5.11 Å². The van der Waals surface area contributed by atoms with E-state index in [1.54, 1.807) is 0 Å². The molecule has 0 radical (unpaired) electrons. The Morgan fingerprint density at radius 3 is 1.79 bits per heavy atom. The van der Waals surface area contributed by atoms with Crippen LogP contribution in [0.3, 0.4) is 0 Å². The Morgan fingerprint density at radius 1 is 0.737 bits per heavy atom. The molecule has 0 unspecified atom stereocenters. The summed E-state index contributed by atoms with van der Waals surface area (Å²) >= 11 is 0. The van der Waals surface area contributed by atoms with Gasteiger partial charge in [0.25, 0.3) is 0 Å². The summed E-state index contributed by atoms with van der Waals surface area (Å²) in [5.41, 5.74) is 12.3. The summed E-state index contributed by atoms with van der Waals surface area (Å²) in [4.78, 5) is 3.02. The predicted octanol–water partition coefficient (Wildman–Crippen LogP) is 5.43. The molecule has 8 nitrogen and oxygen atoms in total. The lowest BCUT2D eigenvalue weighted by Gasteiger charge is -2.44. The summed E-state index contributed by atoms with van der Waals surface area (Å²) in [5, 5.41) is 3.92. The Hall–Kier alpha value is -3.67. The molecule has 0 aliphatic carbocycles. The molecule has 0 bridgehead atoms. The minimum Gasteiger partial charge on any atom is -0.374 e. The standard InChI is InChI=1S/C30H31N3O5/c1-2-18-35-27-26(22-34-19-23-12-6-3-7-13-23)38-30(32-33-31)29(37-21-25-16-10-5-11-17-25)28(27)36-20-24-14-8-4-9-15-24/h1,3-17,26-30H,18-22H2/t26-,27-,28+,29+,30-/m1/s1. The Kier molecular flexibility index (Phi) is 10.7. The molecule has 3 aromatic rings. The second-order valence-electron chi connectivity index (χ2n) is 8.77. The topological polar surface area (TPSA) is 94.9 Å². The molecule has 0 aromatic heterocycles. The predicted molar refractivity (Wildman–Crippen MR) is 143 cm³/mol. The van der Waals surface area contributed by atoms with Gasteiger partial charge in [-0.15, -0.1) is 6.42 Å². The molecule has 0 N–H and O–H groups in total. The number of rotatable bonds is 13. The molecule has 0 saturated carbocycles. The van der Waals surface area contributed by atoms with Crippen LogP contribution in [0.5, 0.6) is 0 Å². The highest BCUT2D eigenvalue weighted by atomic mass is 16.6. The van der Waals surface area contributed by atoms with E-state index in [2.05, 4.69) is 15.9 Å². The number of nitrogens with zero attached hydrogens (tertiary/aromatic N) is 3. The number of hydrogen-bond acceptors (Lipinski definition) is 6. The van der Waals surface area contributed by atoms with Crippen molar-refractivity contribution in [1.29, 1.82) is 0 Å². The number of ether oxygens (including phenoxy) is 5. The van der Waals surface area contributed by atoms with Gasteiger partial charge >= 0.3 is 0 Å². The Labute approximate surface area is 223 Å². The lowest BCUT2D eigenvalue weighted by molar-refractivity contribution is -0.266. The summed E-state index contributed by atoms with van der Waals surface area (Å²) in [7, 11) is 0. The minimum atomic E-state index is -0.958. The molecule has 38 heavy (non-hydrogen) atoms. The molecule has 1 fully saturated rings. The first kappa shape index (κ1) is 27.4. The van der Waals surface area contributed by atoms with E-state index in [0.29, 0.717) is 13.2 Å². The highest BCUT2D eigenvalue weighted by Crippen LogP contribution is 2.31. The minimum absolute atomic E-state index is 0.0476. The molecule has 1 aliphatic rings. The number of azide groups is 1. The van der Waals surface area contributed by atoms with Crippen LogP contribution in [0.25, 0.3) is 10.4 Å². The third-order valence-corrected chi connectivity index (χ3v) is 6.10. The number of hydrogen-bond donors (Lipinski definition) is 0. The maximum absolute atomic E-state index is 9.33. The molecule has 0 spiro atoms. The summed E-state index contributed by atoms with van der Waals surface area (Å²) in [6.07, 6.45) is 1.94. The fraction of sp³-hybridized carbons (Fsp3) is 0.333. The van der Waals surface area contributed by atoms with E-state index in [0.717, 1.165) is 16.7 Å². The van der Waals surface area contributed by atoms with Crippen molar-refractivity contribution in [3.05, 3.63) is 118 Å². The third kappa shape index (κ3) is 7.91.